The highest BCUT2D eigenvalue weighted by Gasteiger charge is 2.17. The summed E-state index contributed by atoms with van der Waals surface area (Å²) in [6.07, 6.45) is 3.35. The normalized spacial score (nSPS) is 10.5. The van der Waals surface area contributed by atoms with Crippen molar-refractivity contribution in [3.8, 4) is 11.5 Å². The molecule has 0 saturated carbocycles. The van der Waals surface area contributed by atoms with Gasteiger partial charge >= 0.3 is 5.97 Å². The number of carbonyl (C=O) groups is 1. The van der Waals surface area contributed by atoms with E-state index in [1.807, 2.05) is 24.3 Å². The molecule has 0 aliphatic rings. The van der Waals surface area contributed by atoms with Gasteiger partial charge in [0.15, 0.2) is 5.82 Å². The molecule has 3 rings (SSSR count). The molecule has 6 nitrogen and oxygen atoms in total. The molecule has 0 saturated heterocycles. The summed E-state index contributed by atoms with van der Waals surface area (Å²) in [4.78, 5) is 20.1. The summed E-state index contributed by atoms with van der Waals surface area (Å²) in [7, 11) is 1.36. The highest BCUT2D eigenvalue weighted by Crippen LogP contribution is 2.25. The lowest BCUT2D eigenvalue weighted by Gasteiger charge is -2.09. The van der Waals surface area contributed by atoms with Crippen LogP contribution in [0.3, 0.4) is 0 Å². The maximum atomic E-state index is 11.7. The molecule has 0 atom stereocenters. The standard InChI is InChI=1S/C15H12N4O2/c1-21-13(20)9-11-10-5-2-3-6-12(10)18-19-14(11)15-16-7-4-8-17-15/h2-8H,9H2,1H3. The Morgan fingerprint density at radius 1 is 1.10 bits per heavy atom. The summed E-state index contributed by atoms with van der Waals surface area (Å²) >= 11 is 0. The van der Waals surface area contributed by atoms with Crippen molar-refractivity contribution in [3.05, 3.63) is 48.3 Å². The van der Waals surface area contributed by atoms with Crippen LogP contribution in [0, 0.1) is 0 Å². The number of hydrogen-bond donors (Lipinski definition) is 0. The molecule has 2 heterocycles. The predicted octanol–water partition coefficient (Wildman–Crippen LogP) is 1.80. The van der Waals surface area contributed by atoms with Crippen LogP contribution in [0.5, 0.6) is 0 Å². The van der Waals surface area contributed by atoms with Gasteiger partial charge in [0, 0.05) is 23.3 Å². The van der Waals surface area contributed by atoms with Gasteiger partial charge in [-0.25, -0.2) is 9.97 Å². The second-order valence-corrected chi connectivity index (χ2v) is 4.37. The Labute approximate surface area is 120 Å². The average molecular weight is 280 g/mol. The van der Waals surface area contributed by atoms with Crippen LogP contribution in [0.25, 0.3) is 22.4 Å². The Balaban J connectivity index is 2.24. The molecule has 104 valence electrons. The van der Waals surface area contributed by atoms with E-state index in [0.29, 0.717) is 11.5 Å². The maximum absolute atomic E-state index is 11.7. The number of methoxy groups -OCH3 is 1. The van der Waals surface area contributed by atoms with Gasteiger partial charge in [-0.3, -0.25) is 4.79 Å². The number of hydrogen-bond acceptors (Lipinski definition) is 6. The fraction of sp³-hybridized carbons (Fsp3) is 0.133. The molecule has 0 bridgehead atoms. The third-order valence-electron chi connectivity index (χ3n) is 3.10. The fourth-order valence-electron chi connectivity index (χ4n) is 2.10. The van der Waals surface area contributed by atoms with Crippen LogP contribution in [0.2, 0.25) is 0 Å². The molecule has 6 heteroatoms. The minimum absolute atomic E-state index is 0.0973. The van der Waals surface area contributed by atoms with E-state index in [1.165, 1.54) is 7.11 Å². The zero-order valence-corrected chi connectivity index (χ0v) is 11.4. The van der Waals surface area contributed by atoms with E-state index in [4.69, 9.17) is 4.74 Å². The molecule has 0 radical (unpaired) electrons. The van der Waals surface area contributed by atoms with Crippen LogP contribution in [-0.2, 0) is 16.0 Å². The lowest BCUT2D eigenvalue weighted by molar-refractivity contribution is -0.139. The number of esters is 1. The number of nitrogens with zero attached hydrogens (tertiary/aromatic N) is 4. The van der Waals surface area contributed by atoms with Gasteiger partial charge in [-0.1, -0.05) is 18.2 Å². The summed E-state index contributed by atoms with van der Waals surface area (Å²) in [5.41, 5.74) is 1.94. The molecule has 0 unspecified atom stereocenters. The Morgan fingerprint density at radius 3 is 2.62 bits per heavy atom. The van der Waals surface area contributed by atoms with E-state index in [-0.39, 0.29) is 12.4 Å². The maximum Gasteiger partial charge on any atom is 0.310 e. The van der Waals surface area contributed by atoms with Crippen LogP contribution in [0.15, 0.2) is 42.7 Å². The summed E-state index contributed by atoms with van der Waals surface area (Å²) in [5.74, 6) is 0.0972. The van der Waals surface area contributed by atoms with Crippen molar-refractivity contribution in [2.75, 3.05) is 7.11 Å². The van der Waals surface area contributed by atoms with Crippen LogP contribution in [-0.4, -0.2) is 33.2 Å². The quantitative estimate of drug-likeness (QED) is 0.681. The first-order valence-corrected chi connectivity index (χ1v) is 6.38. The highest BCUT2D eigenvalue weighted by atomic mass is 16.5. The second kappa shape index (κ2) is 5.62. The van der Waals surface area contributed by atoms with Crippen LogP contribution < -0.4 is 0 Å². The number of ether oxygens (including phenoxy) is 1. The Bertz CT molecular complexity index is 790. The van der Waals surface area contributed by atoms with Gasteiger partial charge in [-0.2, -0.15) is 0 Å². The van der Waals surface area contributed by atoms with Crippen molar-refractivity contribution >= 4 is 16.9 Å². The molecule has 21 heavy (non-hydrogen) atoms. The Morgan fingerprint density at radius 2 is 1.86 bits per heavy atom. The lowest BCUT2D eigenvalue weighted by atomic mass is 10.0. The molecule has 2 aromatic heterocycles. The average Bonchev–Trinajstić information content (AvgIpc) is 2.56. The predicted molar refractivity (Wildman–Crippen MR) is 76.3 cm³/mol. The van der Waals surface area contributed by atoms with E-state index in [2.05, 4.69) is 20.2 Å². The van der Waals surface area contributed by atoms with Crippen molar-refractivity contribution in [2.45, 2.75) is 6.42 Å². The minimum Gasteiger partial charge on any atom is -0.469 e. The second-order valence-electron chi connectivity index (χ2n) is 4.37. The molecular formula is C15H12N4O2. The number of benzene rings is 1. The van der Waals surface area contributed by atoms with Crippen molar-refractivity contribution in [1.82, 2.24) is 20.2 Å². The summed E-state index contributed by atoms with van der Waals surface area (Å²) < 4.78 is 4.77. The fourth-order valence-corrected chi connectivity index (χ4v) is 2.10. The number of carbonyl (C=O) groups excluding carboxylic acids is 1. The molecule has 0 amide bonds. The van der Waals surface area contributed by atoms with Crippen molar-refractivity contribution < 1.29 is 9.53 Å². The summed E-state index contributed by atoms with van der Waals surface area (Å²) in [5, 5.41) is 9.20. The van der Waals surface area contributed by atoms with Gasteiger partial charge in [-0.05, 0) is 12.1 Å². The first kappa shape index (κ1) is 13.1. The van der Waals surface area contributed by atoms with Crippen LogP contribution >= 0.6 is 0 Å². The monoisotopic (exact) mass is 280 g/mol. The molecule has 0 spiro atoms. The van der Waals surface area contributed by atoms with Crippen molar-refractivity contribution in [1.29, 1.82) is 0 Å². The van der Waals surface area contributed by atoms with Gasteiger partial charge in [-0.15, -0.1) is 10.2 Å². The van der Waals surface area contributed by atoms with E-state index in [9.17, 15) is 4.79 Å². The van der Waals surface area contributed by atoms with E-state index in [0.717, 1.165) is 16.5 Å². The number of fused-ring (bicyclic) bond motifs is 1. The third kappa shape index (κ3) is 2.55. The third-order valence-corrected chi connectivity index (χ3v) is 3.10. The van der Waals surface area contributed by atoms with E-state index >= 15 is 0 Å². The lowest BCUT2D eigenvalue weighted by Crippen LogP contribution is -2.09. The largest absolute Gasteiger partial charge is 0.469 e. The van der Waals surface area contributed by atoms with Crippen LogP contribution in [0.4, 0.5) is 0 Å². The first-order chi connectivity index (χ1) is 10.3. The molecule has 3 aromatic rings. The van der Waals surface area contributed by atoms with E-state index in [1.54, 1.807) is 18.5 Å². The SMILES string of the molecule is COC(=O)Cc1c(-c2ncccn2)nnc2ccccc12. The molecular weight excluding hydrogens is 268 g/mol. The van der Waals surface area contributed by atoms with Crippen molar-refractivity contribution in [3.63, 3.8) is 0 Å². The van der Waals surface area contributed by atoms with Gasteiger partial charge in [0.05, 0.1) is 19.0 Å². The minimum atomic E-state index is -0.342. The molecule has 0 N–H and O–H groups in total. The van der Waals surface area contributed by atoms with Crippen LogP contribution in [0.1, 0.15) is 5.56 Å². The molecule has 0 aliphatic heterocycles. The summed E-state index contributed by atoms with van der Waals surface area (Å²) in [6.45, 7) is 0. The molecule has 1 aromatic carbocycles. The Hall–Kier alpha value is -2.89. The topological polar surface area (TPSA) is 77.9 Å². The number of rotatable bonds is 3. The van der Waals surface area contributed by atoms with Gasteiger partial charge in [0.2, 0.25) is 0 Å². The van der Waals surface area contributed by atoms with Gasteiger partial charge in [0.1, 0.15) is 5.69 Å². The highest BCUT2D eigenvalue weighted by molar-refractivity contribution is 5.90. The number of aromatic nitrogens is 4. The molecule has 0 fully saturated rings. The smallest absolute Gasteiger partial charge is 0.310 e. The summed E-state index contributed by atoms with van der Waals surface area (Å²) in [6, 6.07) is 9.23. The van der Waals surface area contributed by atoms with Gasteiger partial charge < -0.3 is 4.74 Å². The van der Waals surface area contributed by atoms with Crippen molar-refractivity contribution in [2.24, 2.45) is 0 Å². The zero-order chi connectivity index (χ0) is 14.7. The first-order valence-electron chi connectivity index (χ1n) is 6.38. The zero-order valence-electron chi connectivity index (χ0n) is 11.4. The molecule has 0 aliphatic carbocycles. The van der Waals surface area contributed by atoms with Gasteiger partial charge in [0.25, 0.3) is 0 Å². The Kier molecular flexibility index (Phi) is 3.51. The van der Waals surface area contributed by atoms with E-state index < -0.39 is 0 Å².